The first-order valence-corrected chi connectivity index (χ1v) is 11.6. The smallest absolute Gasteiger partial charge is 0.262 e. The van der Waals surface area contributed by atoms with Gasteiger partial charge in [-0.1, -0.05) is 12.1 Å². The Morgan fingerprint density at radius 2 is 1.78 bits per heavy atom. The van der Waals surface area contributed by atoms with Crippen molar-refractivity contribution in [3.8, 4) is 0 Å². The highest BCUT2D eigenvalue weighted by molar-refractivity contribution is 7.93. The van der Waals surface area contributed by atoms with Gasteiger partial charge in [0.2, 0.25) is 10.0 Å². The van der Waals surface area contributed by atoms with Gasteiger partial charge in [0.15, 0.2) is 0 Å². The second-order valence-electron chi connectivity index (χ2n) is 6.58. The molecule has 0 radical (unpaired) electrons. The highest BCUT2D eigenvalue weighted by atomic mass is 32.2. The number of halogens is 1. The van der Waals surface area contributed by atoms with E-state index in [4.69, 9.17) is 0 Å². The molecule has 1 aliphatic heterocycles. The number of para-hydroxylation sites is 1. The highest BCUT2D eigenvalue weighted by Gasteiger charge is 2.29. The third kappa shape index (κ3) is 3.93. The number of nitrogens with zero attached hydrogens (tertiary/aromatic N) is 1. The highest BCUT2D eigenvalue weighted by Crippen LogP contribution is 2.32. The van der Waals surface area contributed by atoms with Gasteiger partial charge in [0, 0.05) is 6.54 Å². The van der Waals surface area contributed by atoms with E-state index in [1.54, 1.807) is 19.9 Å². The molecule has 0 aliphatic carbocycles. The fourth-order valence-electron chi connectivity index (χ4n) is 3.14. The van der Waals surface area contributed by atoms with Crippen LogP contribution in [0.1, 0.15) is 24.0 Å². The molecule has 0 atom stereocenters. The first-order chi connectivity index (χ1) is 12.6. The van der Waals surface area contributed by atoms with Crippen LogP contribution < -0.4 is 9.03 Å². The molecule has 1 saturated heterocycles. The molecule has 2 aromatic carbocycles. The summed E-state index contributed by atoms with van der Waals surface area (Å²) in [6.45, 7) is 3.64. The molecule has 146 valence electrons. The van der Waals surface area contributed by atoms with Crippen LogP contribution in [-0.2, 0) is 20.0 Å². The Morgan fingerprint density at radius 3 is 2.44 bits per heavy atom. The van der Waals surface area contributed by atoms with Gasteiger partial charge in [-0.3, -0.25) is 9.03 Å². The average Bonchev–Trinajstić information content (AvgIpc) is 2.58. The molecule has 0 unspecified atom stereocenters. The molecule has 27 heavy (non-hydrogen) atoms. The summed E-state index contributed by atoms with van der Waals surface area (Å²) in [4.78, 5) is -0.0126. The zero-order chi connectivity index (χ0) is 19.8. The van der Waals surface area contributed by atoms with E-state index in [0.717, 1.165) is 6.42 Å². The van der Waals surface area contributed by atoms with E-state index < -0.39 is 25.9 Å². The van der Waals surface area contributed by atoms with Crippen molar-refractivity contribution in [1.29, 1.82) is 0 Å². The van der Waals surface area contributed by atoms with E-state index in [2.05, 4.69) is 4.72 Å². The van der Waals surface area contributed by atoms with Crippen molar-refractivity contribution in [2.24, 2.45) is 0 Å². The van der Waals surface area contributed by atoms with Gasteiger partial charge in [-0.05, 0) is 62.1 Å². The molecule has 0 saturated carbocycles. The van der Waals surface area contributed by atoms with Crippen molar-refractivity contribution in [1.82, 2.24) is 0 Å². The third-order valence-electron chi connectivity index (χ3n) is 4.52. The van der Waals surface area contributed by atoms with E-state index in [0.29, 0.717) is 29.8 Å². The lowest BCUT2D eigenvalue weighted by molar-refractivity contribution is 0.574. The van der Waals surface area contributed by atoms with Gasteiger partial charge in [-0.25, -0.2) is 21.2 Å². The summed E-state index contributed by atoms with van der Waals surface area (Å²) < 4.78 is 67.6. The molecular weight excluding hydrogens is 391 g/mol. The first kappa shape index (κ1) is 19.6. The van der Waals surface area contributed by atoms with Crippen molar-refractivity contribution < 1.29 is 21.2 Å². The number of rotatable bonds is 4. The zero-order valence-electron chi connectivity index (χ0n) is 15.1. The number of benzene rings is 2. The van der Waals surface area contributed by atoms with Gasteiger partial charge in [0.25, 0.3) is 10.0 Å². The lowest BCUT2D eigenvalue weighted by Gasteiger charge is -2.30. The topological polar surface area (TPSA) is 83.6 Å². The largest absolute Gasteiger partial charge is 0.277 e. The van der Waals surface area contributed by atoms with Gasteiger partial charge in [-0.2, -0.15) is 0 Å². The predicted octanol–water partition coefficient (Wildman–Crippen LogP) is 3.17. The van der Waals surface area contributed by atoms with Crippen LogP contribution in [0.25, 0.3) is 0 Å². The third-order valence-corrected chi connectivity index (χ3v) is 7.88. The Labute approximate surface area is 159 Å². The van der Waals surface area contributed by atoms with Crippen LogP contribution in [-0.4, -0.2) is 29.1 Å². The minimum Gasteiger partial charge on any atom is -0.277 e. The molecule has 6 nitrogen and oxygen atoms in total. The quantitative estimate of drug-likeness (QED) is 0.836. The second-order valence-corrected chi connectivity index (χ2v) is 10.2. The molecule has 2 aromatic rings. The van der Waals surface area contributed by atoms with E-state index in [1.165, 1.54) is 34.6 Å². The Kier molecular flexibility index (Phi) is 5.18. The van der Waals surface area contributed by atoms with Crippen LogP contribution in [0.3, 0.4) is 0 Å². The predicted molar refractivity (Wildman–Crippen MR) is 103 cm³/mol. The maximum atomic E-state index is 13.8. The molecule has 0 bridgehead atoms. The summed E-state index contributed by atoms with van der Waals surface area (Å²) in [5.74, 6) is -0.591. The maximum absolute atomic E-state index is 13.8. The number of anilines is 2. The fraction of sp³-hybridized carbons (Fsp3) is 0.333. The summed E-state index contributed by atoms with van der Waals surface area (Å²) >= 11 is 0. The Morgan fingerprint density at radius 1 is 1.07 bits per heavy atom. The van der Waals surface area contributed by atoms with Gasteiger partial charge in [-0.15, -0.1) is 0 Å². The van der Waals surface area contributed by atoms with Crippen molar-refractivity contribution in [2.75, 3.05) is 21.3 Å². The molecule has 0 spiro atoms. The maximum Gasteiger partial charge on any atom is 0.262 e. The number of nitrogens with one attached hydrogen (secondary N) is 1. The van der Waals surface area contributed by atoms with E-state index >= 15 is 0 Å². The van der Waals surface area contributed by atoms with Crippen LogP contribution in [0.15, 0.2) is 41.3 Å². The van der Waals surface area contributed by atoms with Crippen LogP contribution in [0, 0.1) is 19.7 Å². The minimum absolute atomic E-state index is 0.0126. The van der Waals surface area contributed by atoms with Crippen molar-refractivity contribution in [3.63, 3.8) is 0 Å². The van der Waals surface area contributed by atoms with Gasteiger partial charge < -0.3 is 0 Å². The van der Waals surface area contributed by atoms with Crippen LogP contribution >= 0.6 is 0 Å². The monoisotopic (exact) mass is 412 g/mol. The molecular formula is C18H21FN2O4S2. The first-order valence-electron chi connectivity index (χ1n) is 8.51. The summed E-state index contributed by atoms with van der Waals surface area (Å²) in [7, 11) is -7.42. The zero-order valence-corrected chi connectivity index (χ0v) is 16.7. The molecule has 1 N–H and O–H groups in total. The second kappa shape index (κ2) is 7.12. The summed E-state index contributed by atoms with van der Waals surface area (Å²) in [5.41, 5.74) is 1.26. The number of aryl methyl sites for hydroxylation is 2. The normalized spacial score (nSPS) is 16.9. The SMILES string of the molecule is Cc1cc(S(=O)(=O)Nc2ccccc2F)c(C)cc1N1CCCCS1(=O)=O. The molecule has 9 heteroatoms. The Balaban J connectivity index is 2.01. The fourth-order valence-corrected chi connectivity index (χ4v) is 6.21. The Bertz CT molecular complexity index is 1080. The van der Waals surface area contributed by atoms with Crippen molar-refractivity contribution in [3.05, 3.63) is 53.3 Å². The van der Waals surface area contributed by atoms with Crippen LogP contribution in [0.2, 0.25) is 0 Å². The number of sulfonamides is 2. The molecule has 1 heterocycles. The van der Waals surface area contributed by atoms with Crippen LogP contribution in [0.4, 0.5) is 15.8 Å². The standard InChI is InChI=1S/C18H21FN2O4S2/c1-13-12-18(27(24,25)20-16-8-4-3-7-15(16)19)14(2)11-17(13)21-9-5-6-10-26(21,22)23/h3-4,7-8,11-12,20H,5-6,9-10H2,1-2H3. The van der Waals surface area contributed by atoms with Crippen LogP contribution in [0.5, 0.6) is 0 Å². The lowest BCUT2D eigenvalue weighted by atomic mass is 10.1. The average molecular weight is 413 g/mol. The summed E-state index contributed by atoms with van der Waals surface area (Å²) in [6, 6.07) is 8.50. The molecule has 1 fully saturated rings. The van der Waals surface area contributed by atoms with Gasteiger partial charge in [0.05, 0.1) is 22.0 Å². The summed E-state index contributed by atoms with van der Waals surface area (Å²) in [6.07, 6.45) is 1.38. The van der Waals surface area contributed by atoms with E-state index in [1.807, 2.05) is 0 Å². The number of hydrogen-bond acceptors (Lipinski definition) is 4. The molecule has 0 aromatic heterocycles. The molecule has 1 aliphatic rings. The lowest BCUT2D eigenvalue weighted by Crippen LogP contribution is -2.38. The van der Waals surface area contributed by atoms with E-state index in [9.17, 15) is 21.2 Å². The van der Waals surface area contributed by atoms with Crippen molar-refractivity contribution >= 4 is 31.4 Å². The van der Waals surface area contributed by atoms with Crippen molar-refractivity contribution in [2.45, 2.75) is 31.6 Å². The summed E-state index contributed by atoms with van der Waals surface area (Å²) in [5, 5.41) is 0. The van der Waals surface area contributed by atoms with Gasteiger partial charge in [0.1, 0.15) is 5.82 Å². The van der Waals surface area contributed by atoms with E-state index in [-0.39, 0.29) is 16.3 Å². The minimum atomic E-state index is -4.02. The number of hydrogen-bond donors (Lipinski definition) is 1. The van der Waals surface area contributed by atoms with Gasteiger partial charge >= 0.3 is 0 Å². The molecule has 3 rings (SSSR count). The molecule has 0 amide bonds. The Hall–Kier alpha value is -2.13.